The highest BCUT2D eigenvalue weighted by atomic mass is 16.3. The molecule has 0 aliphatic heterocycles. The molecule has 134 valence electrons. The van der Waals surface area contributed by atoms with Gasteiger partial charge in [0.15, 0.2) is 5.76 Å². The number of furan rings is 1. The molecule has 0 spiro atoms. The molecule has 0 saturated carbocycles. The van der Waals surface area contributed by atoms with E-state index in [0.717, 1.165) is 24.2 Å². The van der Waals surface area contributed by atoms with Crippen LogP contribution in [0, 0.1) is 0 Å². The lowest BCUT2D eigenvalue weighted by atomic mass is 10.2. The van der Waals surface area contributed by atoms with Crippen molar-refractivity contribution >= 4 is 28.5 Å². The van der Waals surface area contributed by atoms with Crippen LogP contribution in [0.3, 0.4) is 0 Å². The molecule has 2 amide bonds. The lowest BCUT2D eigenvalue weighted by molar-refractivity contribution is 0.0832. The monoisotopic (exact) mass is 351 g/mol. The van der Waals surface area contributed by atoms with Crippen LogP contribution in [-0.2, 0) is 0 Å². The summed E-state index contributed by atoms with van der Waals surface area (Å²) in [5, 5.41) is 0.830. The van der Waals surface area contributed by atoms with E-state index in [-0.39, 0.29) is 11.7 Å². The van der Waals surface area contributed by atoms with E-state index in [2.05, 4.69) is 29.6 Å². The molecular formula is C20H21N3O3. The number of benzene rings is 2. The minimum Gasteiger partial charge on any atom is -0.451 e. The number of anilines is 1. The van der Waals surface area contributed by atoms with Crippen LogP contribution in [-0.4, -0.2) is 24.9 Å². The summed E-state index contributed by atoms with van der Waals surface area (Å²) >= 11 is 0. The molecule has 2 N–H and O–H groups in total. The summed E-state index contributed by atoms with van der Waals surface area (Å²) in [6.45, 7) is 5.96. The molecule has 3 aromatic rings. The molecule has 3 rings (SSSR count). The van der Waals surface area contributed by atoms with Crippen LogP contribution in [0.4, 0.5) is 5.69 Å². The van der Waals surface area contributed by atoms with Crippen molar-refractivity contribution in [3.8, 4) is 0 Å². The summed E-state index contributed by atoms with van der Waals surface area (Å²) in [5.41, 5.74) is 6.92. The molecule has 6 nitrogen and oxygen atoms in total. The molecule has 0 bridgehead atoms. The summed E-state index contributed by atoms with van der Waals surface area (Å²) < 4.78 is 5.47. The molecule has 0 aliphatic carbocycles. The van der Waals surface area contributed by atoms with Gasteiger partial charge in [0.05, 0.1) is 0 Å². The van der Waals surface area contributed by atoms with Crippen molar-refractivity contribution in [1.29, 1.82) is 0 Å². The van der Waals surface area contributed by atoms with Crippen LogP contribution in [0.2, 0.25) is 0 Å². The van der Waals surface area contributed by atoms with Crippen LogP contribution < -0.4 is 15.8 Å². The van der Waals surface area contributed by atoms with Gasteiger partial charge in [0.1, 0.15) is 5.58 Å². The Kier molecular flexibility index (Phi) is 5.22. The molecule has 0 unspecified atom stereocenters. The first-order valence-electron chi connectivity index (χ1n) is 8.56. The Hall–Kier alpha value is -3.28. The standard InChI is InChI=1S/C20H21N3O3/c1-3-23(4-2)16-11-9-14(10-12-16)19(24)21-22-20(25)18-13-15-7-5-6-8-17(15)26-18/h5-13H,3-4H2,1-2H3,(H,21,24)(H,22,25). The van der Waals surface area contributed by atoms with E-state index in [4.69, 9.17) is 4.42 Å². The number of nitrogens with zero attached hydrogens (tertiary/aromatic N) is 1. The average Bonchev–Trinajstić information content (AvgIpc) is 3.11. The first-order chi connectivity index (χ1) is 12.6. The minimum absolute atomic E-state index is 0.142. The van der Waals surface area contributed by atoms with Gasteiger partial charge in [-0.05, 0) is 50.2 Å². The first-order valence-corrected chi connectivity index (χ1v) is 8.56. The SMILES string of the molecule is CCN(CC)c1ccc(C(=O)NNC(=O)c2cc3ccccc3o2)cc1. The fourth-order valence-electron chi connectivity index (χ4n) is 2.75. The second-order valence-electron chi connectivity index (χ2n) is 5.78. The molecule has 6 heteroatoms. The molecule has 0 atom stereocenters. The number of fused-ring (bicyclic) bond motifs is 1. The first kappa shape index (κ1) is 17.5. The number of hydrazine groups is 1. The Balaban J connectivity index is 1.62. The molecule has 1 heterocycles. The Labute approximate surface area is 151 Å². The number of para-hydroxylation sites is 1. The molecule has 2 aromatic carbocycles. The third kappa shape index (κ3) is 3.69. The van der Waals surface area contributed by atoms with Gasteiger partial charge in [-0.3, -0.25) is 20.4 Å². The third-order valence-corrected chi connectivity index (χ3v) is 4.20. The van der Waals surface area contributed by atoms with Gasteiger partial charge >= 0.3 is 5.91 Å². The summed E-state index contributed by atoms with van der Waals surface area (Å²) in [5.74, 6) is -0.752. The summed E-state index contributed by atoms with van der Waals surface area (Å²) in [6, 6.07) is 16.2. The largest absolute Gasteiger partial charge is 0.451 e. The van der Waals surface area contributed by atoms with E-state index in [1.54, 1.807) is 24.3 Å². The molecule has 0 fully saturated rings. The molecular weight excluding hydrogens is 330 g/mol. The minimum atomic E-state index is -0.505. The van der Waals surface area contributed by atoms with Crippen molar-refractivity contribution in [2.75, 3.05) is 18.0 Å². The van der Waals surface area contributed by atoms with Gasteiger partial charge in [-0.25, -0.2) is 0 Å². The predicted molar refractivity (Wildman–Crippen MR) is 101 cm³/mol. The summed E-state index contributed by atoms with van der Waals surface area (Å²) in [6.07, 6.45) is 0. The van der Waals surface area contributed by atoms with Gasteiger partial charge in [-0.2, -0.15) is 0 Å². The summed E-state index contributed by atoms with van der Waals surface area (Å²) in [4.78, 5) is 26.5. The number of nitrogens with one attached hydrogen (secondary N) is 2. The van der Waals surface area contributed by atoms with E-state index in [1.807, 2.05) is 30.3 Å². The Morgan fingerprint density at radius 1 is 0.923 bits per heavy atom. The predicted octanol–water partition coefficient (Wildman–Crippen LogP) is 3.35. The Morgan fingerprint density at radius 3 is 2.23 bits per heavy atom. The van der Waals surface area contributed by atoms with E-state index in [9.17, 15) is 9.59 Å². The Bertz CT molecular complexity index is 878. The van der Waals surface area contributed by atoms with Crippen LogP contribution in [0.1, 0.15) is 34.8 Å². The van der Waals surface area contributed by atoms with Gasteiger partial charge in [0.2, 0.25) is 0 Å². The van der Waals surface area contributed by atoms with Crippen molar-refractivity contribution in [1.82, 2.24) is 10.9 Å². The van der Waals surface area contributed by atoms with Crippen LogP contribution >= 0.6 is 0 Å². The lowest BCUT2D eigenvalue weighted by Gasteiger charge is -2.21. The number of rotatable bonds is 5. The van der Waals surface area contributed by atoms with Gasteiger partial charge in [-0.1, -0.05) is 18.2 Å². The fourth-order valence-corrected chi connectivity index (χ4v) is 2.75. The van der Waals surface area contributed by atoms with Crippen LogP contribution in [0.25, 0.3) is 11.0 Å². The van der Waals surface area contributed by atoms with Gasteiger partial charge in [0, 0.05) is 29.7 Å². The third-order valence-electron chi connectivity index (χ3n) is 4.20. The van der Waals surface area contributed by atoms with E-state index >= 15 is 0 Å². The van der Waals surface area contributed by atoms with E-state index in [0.29, 0.717) is 11.1 Å². The molecule has 1 aromatic heterocycles. The number of amides is 2. The quantitative estimate of drug-likeness (QED) is 0.691. The lowest BCUT2D eigenvalue weighted by Crippen LogP contribution is -2.41. The maximum Gasteiger partial charge on any atom is 0.305 e. The highest BCUT2D eigenvalue weighted by molar-refractivity contribution is 5.99. The normalized spacial score (nSPS) is 10.5. The second kappa shape index (κ2) is 7.74. The number of hydrogen-bond acceptors (Lipinski definition) is 4. The molecule has 0 saturated heterocycles. The van der Waals surface area contributed by atoms with Gasteiger partial charge in [-0.15, -0.1) is 0 Å². The maximum absolute atomic E-state index is 12.2. The molecule has 0 aliphatic rings. The topological polar surface area (TPSA) is 74.6 Å². The number of carbonyl (C=O) groups is 2. The average molecular weight is 351 g/mol. The number of hydrogen-bond donors (Lipinski definition) is 2. The highest BCUT2D eigenvalue weighted by Crippen LogP contribution is 2.18. The van der Waals surface area contributed by atoms with Crippen molar-refractivity contribution < 1.29 is 14.0 Å². The Morgan fingerprint density at radius 2 is 1.58 bits per heavy atom. The molecule has 26 heavy (non-hydrogen) atoms. The van der Waals surface area contributed by atoms with Gasteiger partial charge in [0.25, 0.3) is 5.91 Å². The van der Waals surface area contributed by atoms with Crippen LogP contribution in [0.15, 0.2) is 59.0 Å². The summed E-state index contributed by atoms with van der Waals surface area (Å²) in [7, 11) is 0. The van der Waals surface area contributed by atoms with Crippen LogP contribution in [0.5, 0.6) is 0 Å². The fraction of sp³-hybridized carbons (Fsp3) is 0.200. The van der Waals surface area contributed by atoms with Crippen molar-refractivity contribution in [3.63, 3.8) is 0 Å². The number of carbonyl (C=O) groups excluding carboxylic acids is 2. The van der Waals surface area contributed by atoms with E-state index in [1.165, 1.54) is 0 Å². The molecule has 0 radical (unpaired) electrons. The van der Waals surface area contributed by atoms with Crippen molar-refractivity contribution in [3.05, 3.63) is 65.9 Å². The zero-order chi connectivity index (χ0) is 18.5. The highest BCUT2D eigenvalue weighted by Gasteiger charge is 2.14. The zero-order valence-corrected chi connectivity index (χ0v) is 14.8. The zero-order valence-electron chi connectivity index (χ0n) is 14.8. The maximum atomic E-state index is 12.2. The van der Waals surface area contributed by atoms with E-state index < -0.39 is 5.91 Å². The smallest absolute Gasteiger partial charge is 0.305 e. The van der Waals surface area contributed by atoms with Crippen molar-refractivity contribution in [2.45, 2.75) is 13.8 Å². The second-order valence-corrected chi connectivity index (χ2v) is 5.78. The van der Waals surface area contributed by atoms with Gasteiger partial charge < -0.3 is 9.32 Å². The van der Waals surface area contributed by atoms with Crippen molar-refractivity contribution in [2.24, 2.45) is 0 Å².